The Hall–Kier alpha value is -3.76. The SMILES string of the molecule is CCOc1ccc(Nc2c([N+](=O)[O-])cc([N+](=O)[O-])c3nonc23)cc1. The summed E-state index contributed by atoms with van der Waals surface area (Å²) in [4.78, 5) is 20.9. The minimum atomic E-state index is -0.778. The molecule has 1 aromatic heterocycles. The molecule has 0 aliphatic rings. The van der Waals surface area contributed by atoms with Gasteiger partial charge in [0.15, 0.2) is 5.52 Å². The molecule has 3 rings (SSSR count). The number of nitrogens with one attached hydrogen (secondary N) is 1. The van der Waals surface area contributed by atoms with E-state index >= 15 is 0 Å². The molecular weight excluding hydrogens is 334 g/mol. The third-order valence-electron chi connectivity index (χ3n) is 3.33. The van der Waals surface area contributed by atoms with Crippen LogP contribution in [0.15, 0.2) is 35.0 Å². The van der Waals surface area contributed by atoms with Crippen LogP contribution in [-0.4, -0.2) is 26.8 Å². The number of aromatic nitrogens is 2. The highest BCUT2D eigenvalue weighted by Gasteiger charge is 2.29. The number of nitro benzene ring substituents is 2. The molecule has 3 aromatic rings. The largest absolute Gasteiger partial charge is 0.494 e. The van der Waals surface area contributed by atoms with Crippen LogP contribution in [0.2, 0.25) is 0 Å². The lowest BCUT2D eigenvalue weighted by atomic mass is 10.2. The Morgan fingerprint density at radius 2 is 1.72 bits per heavy atom. The van der Waals surface area contributed by atoms with Crippen molar-refractivity contribution in [1.29, 1.82) is 0 Å². The van der Waals surface area contributed by atoms with E-state index in [0.29, 0.717) is 18.0 Å². The summed E-state index contributed by atoms with van der Waals surface area (Å²) in [6.45, 7) is 2.35. The van der Waals surface area contributed by atoms with Crippen molar-refractivity contribution in [1.82, 2.24) is 10.3 Å². The summed E-state index contributed by atoms with van der Waals surface area (Å²) < 4.78 is 9.86. The van der Waals surface area contributed by atoms with Crippen molar-refractivity contribution in [2.45, 2.75) is 6.92 Å². The maximum absolute atomic E-state index is 11.3. The molecule has 11 nitrogen and oxygen atoms in total. The maximum Gasteiger partial charge on any atom is 0.307 e. The first-order chi connectivity index (χ1) is 12.0. The van der Waals surface area contributed by atoms with E-state index in [1.807, 2.05) is 6.92 Å². The number of anilines is 2. The van der Waals surface area contributed by atoms with Gasteiger partial charge in [-0.15, -0.1) is 0 Å². The van der Waals surface area contributed by atoms with Crippen molar-refractivity contribution in [3.63, 3.8) is 0 Å². The highest BCUT2D eigenvalue weighted by Crippen LogP contribution is 2.39. The van der Waals surface area contributed by atoms with Gasteiger partial charge in [0.05, 0.1) is 22.5 Å². The second-order valence-electron chi connectivity index (χ2n) is 4.85. The molecule has 0 unspecified atom stereocenters. The van der Waals surface area contributed by atoms with E-state index in [0.717, 1.165) is 6.07 Å². The number of rotatable bonds is 6. The van der Waals surface area contributed by atoms with Crippen LogP contribution in [0.3, 0.4) is 0 Å². The number of hydrogen-bond donors (Lipinski definition) is 1. The Balaban J connectivity index is 2.10. The topological polar surface area (TPSA) is 146 Å². The second kappa shape index (κ2) is 6.39. The molecule has 1 N–H and O–H groups in total. The van der Waals surface area contributed by atoms with Crippen LogP contribution in [0.1, 0.15) is 6.92 Å². The number of fused-ring (bicyclic) bond motifs is 1. The highest BCUT2D eigenvalue weighted by molar-refractivity contribution is 6.00. The van der Waals surface area contributed by atoms with Gasteiger partial charge in [-0.2, -0.15) is 0 Å². The average molecular weight is 345 g/mol. The lowest BCUT2D eigenvalue weighted by Gasteiger charge is -2.08. The van der Waals surface area contributed by atoms with Gasteiger partial charge in [-0.25, -0.2) is 4.63 Å². The van der Waals surface area contributed by atoms with Crippen LogP contribution >= 0.6 is 0 Å². The van der Waals surface area contributed by atoms with Crippen LogP contribution in [0.4, 0.5) is 22.7 Å². The van der Waals surface area contributed by atoms with Crippen LogP contribution < -0.4 is 10.1 Å². The lowest BCUT2D eigenvalue weighted by molar-refractivity contribution is -0.392. The molecule has 0 fully saturated rings. The van der Waals surface area contributed by atoms with Crippen LogP contribution in [0.25, 0.3) is 11.0 Å². The first kappa shape index (κ1) is 16.1. The minimum absolute atomic E-state index is 0.0454. The molecule has 0 radical (unpaired) electrons. The first-order valence-electron chi connectivity index (χ1n) is 7.09. The molecule has 0 spiro atoms. The number of benzene rings is 2. The number of non-ortho nitro benzene ring substituents is 1. The van der Waals surface area contributed by atoms with E-state index in [9.17, 15) is 20.2 Å². The molecule has 1 heterocycles. The zero-order valence-corrected chi connectivity index (χ0v) is 12.8. The molecule has 0 aliphatic heterocycles. The van der Waals surface area contributed by atoms with Crippen molar-refractivity contribution >= 4 is 33.8 Å². The first-order valence-corrected chi connectivity index (χ1v) is 7.09. The molecule has 11 heteroatoms. The van der Waals surface area contributed by atoms with E-state index in [1.54, 1.807) is 24.3 Å². The molecule has 25 heavy (non-hydrogen) atoms. The van der Waals surface area contributed by atoms with Crippen molar-refractivity contribution in [3.05, 3.63) is 50.6 Å². The minimum Gasteiger partial charge on any atom is -0.494 e. The zero-order chi connectivity index (χ0) is 18.0. The molecule has 0 saturated carbocycles. The predicted molar refractivity (Wildman–Crippen MR) is 86.0 cm³/mol. The van der Waals surface area contributed by atoms with E-state index in [1.165, 1.54) is 0 Å². The van der Waals surface area contributed by atoms with Gasteiger partial charge in [-0.05, 0) is 41.5 Å². The van der Waals surface area contributed by atoms with Gasteiger partial charge >= 0.3 is 11.4 Å². The van der Waals surface area contributed by atoms with E-state index < -0.39 is 21.2 Å². The van der Waals surface area contributed by atoms with Gasteiger partial charge in [0.2, 0.25) is 5.52 Å². The lowest BCUT2D eigenvalue weighted by Crippen LogP contribution is -2.01. The normalized spacial score (nSPS) is 10.6. The van der Waals surface area contributed by atoms with Crippen LogP contribution in [0.5, 0.6) is 5.75 Å². The van der Waals surface area contributed by atoms with Crippen LogP contribution in [0, 0.1) is 20.2 Å². The fourth-order valence-corrected chi connectivity index (χ4v) is 2.26. The van der Waals surface area contributed by atoms with E-state index in [-0.39, 0.29) is 16.7 Å². The third kappa shape index (κ3) is 3.02. The smallest absolute Gasteiger partial charge is 0.307 e. The molecule has 0 amide bonds. The summed E-state index contributed by atoms with van der Waals surface area (Å²) in [5.41, 5.74) is -0.886. The summed E-state index contributed by atoms with van der Waals surface area (Å²) in [6, 6.07) is 7.48. The van der Waals surface area contributed by atoms with Gasteiger partial charge in [0.25, 0.3) is 0 Å². The summed E-state index contributed by atoms with van der Waals surface area (Å²) >= 11 is 0. The Morgan fingerprint density at radius 1 is 1.08 bits per heavy atom. The Bertz CT molecular complexity index is 952. The number of nitrogens with zero attached hydrogens (tertiary/aromatic N) is 4. The van der Waals surface area contributed by atoms with Gasteiger partial charge in [0, 0.05) is 5.69 Å². The molecule has 2 aromatic carbocycles. The quantitative estimate of drug-likeness (QED) is 0.525. The van der Waals surface area contributed by atoms with Crippen molar-refractivity contribution in [2.75, 3.05) is 11.9 Å². The predicted octanol–water partition coefficient (Wildman–Crippen LogP) is 3.18. The third-order valence-corrected chi connectivity index (χ3v) is 3.33. The zero-order valence-electron chi connectivity index (χ0n) is 12.8. The van der Waals surface area contributed by atoms with E-state index in [2.05, 4.69) is 20.3 Å². The Labute approximate surface area is 139 Å². The molecule has 0 bridgehead atoms. The van der Waals surface area contributed by atoms with Gasteiger partial charge < -0.3 is 10.1 Å². The number of ether oxygens (including phenoxy) is 1. The standard InChI is InChI=1S/C14H11N5O6/c1-2-24-9-5-3-8(4-6-9)15-12-10(18(20)21)7-11(19(22)23)13-14(12)17-25-16-13/h3-7,15H,2H2,1H3. The summed E-state index contributed by atoms with van der Waals surface area (Å²) in [5, 5.41) is 32.3. The van der Waals surface area contributed by atoms with Crippen molar-refractivity contribution in [3.8, 4) is 5.75 Å². The molecule has 0 atom stereocenters. The van der Waals surface area contributed by atoms with E-state index in [4.69, 9.17) is 4.74 Å². The summed E-state index contributed by atoms with van der Waals surface area (Å²) in [6.07, 6.45) is 0. The molecular formula is C14H11N5O6. The highest BCUT2D eigenvalue weighted by atomic mass is 16.6. The van der Waals surface area contributed by atoms with Gasteiger partial charge in [0.1, 0.15) is 11.4 Å². The monoisotopic (exact) mass is 345 g/mol. The van der Waals surface area contributed by atoms with Crippen molar-refractivity contribution in [2.24, 2.45) is 0 Å². The number of hydrogen-bond acceptors (Lipinski definition) is 9. The fraction of sp³-hybridized carbons (Fsp3) is 0.143. The average Bonchev–Trinajstić information content (AvgIpc) is 3.06. The fourth-order valence-electron chi connectivity index (χ4n) is 2.26. The summed E-state index contributed by atoms with van der Waals surface area (Å²) in [7, 11) is 0. The Morgan fingerprint density at radius 3 is 2.32 bits per heavy atom. The molecule has 0 aliphatic carbocycles. The second-order valence-corrected chi connectivity index (χ2v) is 4.85. The van der Waals surface area contributed by atoms with Gasteiger partial charge in [-0.3, -0.25) is 20.2 Å². The summed E-state index contributed by atoms with van der Waals surface area (Å²) in [5.74, 6) is 0.638. The Kier molecular flexibility index (Phi) is 4.12. The molecule has 128 valence electrons. The van der Waals surface area contributed by atoms with Gasteiger partial charge in [-0.1, -0.05) is 0 Å². The van der Waals surface area contributed by atoms with Crippen molar-refractivity contribution < 1.29 is 19.2 Å². The molecule has 0 saturated heterocycles. The maximum atomic E-state index is 11.3. The number of nitro groups is 2. The van der Waals surface area contributed by atoms with Crippen LogP contribution in [-0.2, 0) is 0 Å².